The van der Waals surface area contributed by atoms with Crippen molar-refractivity contribution in [1.82, 2.24) is 5.32 Å². The molecule has 2 rings (SSSR count). The minimum Gasteiger partial charge on any atom is -0.369 e. The second kappa shape index (κ2) is 4.65. The molecule has 94 valence electrons. The molecule has 3 heteroatoms. The maximum atomic E-state index is 13.1. The first-order valence-electron chi connectivity index (χ1n) is 6.24. The summed E-state index contributed by atoms with van der Waals surface area (Å²) in [7, 11) is 0. The van der Waals surface area contributed by atoms with Gasteiger partial charge in [0.1, 0.15) is 5.82 Å². The molecule has 0 unspecified atom stereocenters. The number of aryl methyl sites for hydroxylation is 1. The lowest BCUT2D eigenvalue weighted by Gasteiger charge is -2.32. The van der Waals surface area contributed by atoms with Gasteiger partial charge in [0.05, 0.1) is 0 Å². The number of rotatable bonds is 1. The van der Waals surface area contributed by atoms with E-state index in [2.05, 4.69) is 24.1 Å². The topological polar surface area (TPSA) is 15.3 Å². The number of nitrogens with zero attached hydrogens (tertiary/aromatic N) is 1. The van der Waals surface area contributed by atoms with Crippen LogP contribution in [-0.2, 0) is 0 Å². The van der Waals surface area contributed by atoms with E-state index in [1.807, 2.05) is 13.0 Å². The average Bonchev–Trinajstić information content (AvgIpc) is 2.39. The second-order valence-corrected chi connectivity index (χ2v) is 5.52. The van der Waals surface area contributed by atoms with Crippen LogP contribution in [0, 0.1) is 12.7 Å². The molecule has 17 heavy (non-hydrogen) atoms. The molecule has 1 aliphatic heterocycles. The molecule has 1 aliphatic rings. The van der Waals surface area contributed by atoms with Crippen molar-refractivity contribution >= 4 is 5.69 Å². The Bertz CT molecular complexity index is 401. The monoisotopic (exact) mass is 236 g/mol. The first kappa shape index (κ1) is 12.4. The fourth-order valence-electron chi connectivity index (χ4n) is 2.49. The summed E-state index contributed by atoms with van der Waals surface area (Å²) in [5.41, 5.74) is 2.28. The van der Waals surface area contributed by atoms with Crippen LogP contribution in [-0.4, -0.2) is 25.2 Å². The second-order valence-electron chi connectivity index (χ2n) is 5.52. The predicted octanol–water partition coefficient (Wildman–Crippen LogP) is 2.71. The van der Waals surface area contributed by atoms with Gasteiger partial charge in [-0.1, -0.05) is 0 Å². The quantitative estimate of drug-likeness (QED) is 0.806. The molecule has 1 aromatic rings. The van der Waals surface area contributed by atoms with E-state index < -0.39 is 0 Å². The van der Waals surface area contributed by atoms with Crippen molar-refractivity contribution in [2.24, 2.45) is 0 Å². The molecule has 0 aromatic heterocycles. The molecule has 1 saturated heterocycles. The lowest BCUT2D eigenvalue weighted by Crippen LogP contribution is -2.46. The summed E-state index contributed by atoms with van der Waals surface area (Å²) >= 11 is 0. The number of anilines is 1. The third kappa shape index (κ3) is 2.97. The number of nitrogens with one attached hydrogen (secondary N) is 1. The van der Waals surface area contributed by atoms with E-state index in [9.17, 15) is 4.39 Å². The SMILES string of the molecule is Cc1cc(F)ccc1N1CCCNC(C)(C)C1. The fraction of sp³-hybridized carbons (Fsp3) is 0.571. The summed E-state index contributed by atoms with van der Waals surface area (Å²) in [4.78, 5) is 2.36. The van der Waals surface area contributed by atoms with E-state index >= 15 is 0 Å². The third-order valence-corrected chi connectivity index (χ3v) is 3.29. The molecule has 0 radical (unpaired) electrons. The molecular weight excluding hydrogens is 215 g/mol. The molecule has 2 nitrogen and oxygen atoms in total. The Morgan fingerprint density at radius 2 is 2.12 bits per heavy atom. The summed E-state index contributed by atoms with van der Waals surface area (Å²) in [6.45, 7) is 9.43. The van der Waals surface area contributed by atoms with Gasteiger partial charge in [-0.2, -0.15) is 0 Å². The normalized spacial score (nSPS) is 20.1. The van der Waals surface area contributed by atoms with E-state index in [0.717, 1.165) is 37.3 Å². The van der Waals surface area contributed by atoms with Gasteiger partial charge in [0, 0.05) is 24.3 Å². The first-order valence-corrected chi connectivity index (χ1v) is 6.24. The fourth-order valence-corrected chi connectivity index (χ4v) is 2.49. The van der Waals surface area contributed by atoms with Crippen LogP contribution >= 0.6 is 0 Å². The Morgan fingerprint density at radius 1 is 1.35 bits per heavy atom. The van der Waals surface area contributed by atoms with Gasteiger partial charge in [-0.15, -0.1) is 0 Å². The standard InChI is InChI=1S/C14H21FN2/c1-11-9-12(15)5-6-13(11)17-8-4-7-16-14(2,3)10-17/h5-6,9,16H,4,7-8,10H2,1-3H3. The molecule has 0 amide bonds. The minimum absolute atomic E-state index is 0.108. The first-order chi connectivity index (χ1) is 7.98. The smallest absolute Gasteiger partial charge is 0.123 e. The van der Waals surface area contributed by atoms with E-state index in [0.29, 0.717) is 0 Å². The summed E-state index contributed by atoms with van der Waals surface area (Å²) < 4.78 is 13.1. The van der Waals surface area contributed by atoms with Gasteiger partial charge in [0.2, 0.25) is 0 Å². The Balaban J connectivity index is 2.25. The van der Waals surface area contributed by atoms with Crippen molar-refractivity contribution < 1.29 is 4.39 Å². The van der Waals surface area contributed by atoms with Gasteiger partial charge in [-0.3, -0.25) is 0 Å². The zero-order chi connectivity index (χ0) is 12.5. The molecule has 0 saturated carbocycles. The molecule has 0 spiro atoms. The van der Waals surface area contributed by atoms with Crippen molar-refractivity contribution in [3.05, 3.63) is 29.6 Å². The molecule has 1 fully saturated rings. The number of hydrogen-bond donors (Lipinski definition) is 1. The van der Waals surface area contributed by atoms with Gasteiger partial charge >= 0.3 is 0 Å². The maximum Gasteiger partial charge on any atom is 0.123 e. The van der Waals surface area contributed by atoms with Crippen LogP contribution in [0.2, 0.25) is 0 Å². The van der Waals surface area contributed by atoms with Crippen molar-refractivity contribution in [3.63, 3.8) is 0 Å². The zero-order valence-corrected chi connectivity index (χ0v) is 10.9. The van der Waals surface area contributed by atoms with Crippen LogP contribution in [0.15, 0.2) is 18.2 Å². The van der Waals surface area contributed by atoms with Crippen LogP contribution in [0.3, 0.4) is 0 Å². The Labute approximate surface area is 103 Å². The molecule has 0 atom stereocenters. The highest BCUT2D eigenvalue weighted by atomic mass is 19.1. The van der Waals surface area contributed by atoms with Gasteiger partial charge in [0.25, 0.3) is 0 Å². The van der Waals surface area contributed by atoms with E-state index in [-0.39, 0.29) is 11.4 Å². The molecular formula is C14H21FN2. The highest BCUT2D eigenvalue weighted by molar-refractivity contribution is 5.53. The molecule has 1 aromatic carbocycles. The highest BCUT2D eigenvalue weighted by Gasteiger charge is 2.24. The zero-order valence-electron chi connectivity index (χ0n) is 10.9. The van der Waals surface area contributed by atoms with Crippen molar-refractivity contribution in [1.29, 1.82) is 0 Å². The maximum absolute atomic E-state index is 13.1. The van der Waals surface area contributed by atoms with Crippen molar-refractivity contribution in [2.45, 2.75) is 32.7 Å². The lowest BCUT2D eigenvalue weighted by atomic mass is 10.0. The highest BCUT2D eigenvalue weighted by Crippen LogP contribution is 2.24. The van der Waals surface area contributed by atoms with Crippen LogP contribution in [0.5, 0.6) is 0 Å². The number of benzene rings is 1. The van der Waals surface area contributed by atoms with Crippen LogP contribution in [0.4, 0.5) is 10.1 Å². The molecule has 1 heterocycles. The summed E-state index contributed by atoms with van der Waals surface area (Å²) in [5.74, 6) is -0.154. The van der Waals surface area contributed by atoms with Gasteiger partial charge < -0.3 is 10.2 Å². The van der Waals surface area contributed by atoms with E-state index in [1.165, 1.54) is 0 Å². The summed E-state index contributed by atoms with van der Waals surface area (Å²) in [5, 5.41) is 3.54. The number of halogens is 1. The Morgan fingerprint density at radius 3 is 2.82 bits per heavy atom. The molecule has 1 N–H and O–H groups in total. The van der Waals surface area contributed by atoms with Crippen LogP contribution in [0.25, 0.3) is 0 Å². The number of hydrogen-bond acceptors (Lipinski definition) is 2. The van der Waals surface area contributed by atoms with Crippen molar-refractivity contribution in [3.8, 4) is 0 Å². The Hall–Kier alpha value is -1.09. The van der Waals surface area contributed by atoms with Crippen LogP contribution in [0.1, 0.15) is 25.8 Å². The summed E-state index contributed by atoms with van der Waals surface area (Å²) in [6, 6.07) is 5.06. The minimum atomic E-state index is -0.154. The van der Waals surface area contributed by atoms with Crippen LogP contribution < -0.4 is 10.2 Å². The Kier molecular flexibility index (Phi) is 3.38. The molecule has 0 bridgehead atoms. The third-order valence-electron chi connectivity index (χ3n) is 3.29. The van der Waals surface area contributed by atoms with Gasteiger partial charge in [0.15, 0.2) is 0 Å². The predicted molar refractivity (Wildman–Crippen MR) is 70.0 cm³/mol. The summed E-state index contributed by atoms with van der Waals surface area (Å²) in [6.07, 6.45) is 1.13. The van der Waals surface area contributed by atoms with Gasteiger partial charge in [-0.25, -0.2) is 4.39 Å². The van der Waals surface area contributed by atoms with Gasteiger partial charge in [-0.05, 0) is 57.5 Å². The van der Waals surface area contributed by atoms with E-state index in [4.69, 9.17) is 0 Å². The lowest BCUT2D eigenvalue weighted by molar-refractivity contribution is 0.416. The molecule has 0 aliphatic carbocycles. The average molecular weight is 236 g/mol. The van der Waals surface area contributed by atoms with Crippen molar-refractivity contribution in [2.75, 3.05) is 24.5 Å². The largest absolute Gasteiger partial charge is 0.369 e. The van der Waals surface area contributed by atoms with E-state index in [1.54, 1.807) is 12.1 Å².